The Hall–Kier alpha value is -3.08. The van der Waals surface area contributed by atoms with Crippen LogP contribution in [0.15, 0.2) is 58.2 Å². The molecule has 0 aliphatic carbocycles. The van der Waals surface area contributed by atoms with Crippen LogP contribution in [0.25, 0.3) is 10.9 Å². The summed E-state index contributed by atoms with van der Waals surface area (Å²) in [5, 5.41) is 0.448. The maximum atomic E-state index is 12.9. The van der Waals surface area contributed by atoms with E-state index in [0.717, 1.165) is 0 Å². The molecule has 168 valence electrons. The summed E-state index contributed by atoms with van der Waals surface area (Å²) in [6.07, 6.45) is -0.393. The molecule has 2 atom stereocenters. The van der Waals surface area contributed by atoms with Gasteiger partial charge in [0.15, 0.2) is 0 Å². The summed E-state index contributed by atoms with van der Waals surface area (Å²) in [5.41, 5.74) is 0.377. The van der Waals surface area contributed by atoms with Crippen molar-refractivity contribution >= 4 is 26.9 Å². The van der Waals surface area contributed by atoms with E-state index in [-0.39, 0.29) is 53.7 Å². The Balaban J connectivity index is 1.45. The minimum atomic E-state index is -3.70. The summed E-state index contributed by atoms with van der Waals surface area (Å²) in [6.45, 7) is 3.98. The number of hydrogen-bond donors (Lipinski definition) is 1. The van der Waals surface area contributed by atoms with Crippen LogP contribution >= 0.6 is 0 Å². The number of para-hydroxylation sites is 1. The largest absolute Gasteiger partial charge is 0.454 e. The zero-order valence-electron chi connectivity index (χ0n) is 17.6. The van der Waals surface area contributed by atoms with Crippen LogP contribution in [-0.2, 0) is 26.1 Å². The number of aromatic nitrogens is 2. The Morgan fingerprint density at radius 2 is 1.78 bits per heavy atom. The van der Waals surface area contributed by atoms with Gasteiger partial charge in [0.25, 0.3) is 5.56 Å². The normalized spacial score (nSPS) is 19.7. The Morgan fingerprint density at radius 1 is 1.12 bits per heavy atom. The predicted octanol–water partition coefficient (Wildman–Crippen LogP) is 2.08. The van der Waals surface area contributed by atoms with Gasteiger partial charge in [0, 0.05) is 13.1 Å². The van der Waals surface area contributed by atoms with Crippen molar-refractivity contribution in [3.8, 4) is 0 Å². The molecule has 1 aromatic heterocycles. The van der Waals surface area contributed by atoms with Crippen molar-refractivity contribution in [3.05, 3.63) is 70.3 Å². The SMILES string of the molecule is C[C@@H]1CN(S(=O)(=O)c2ccc(C(=O)OCc3nc4ccccc4c(=O)[nH]3)cc2)C[C@H](C)O1. The van der Waals surface area contributed by atoms with Crippen LogP contribution in [0.2, 0.25) is 0 Å². The van der Waals surface area contributed by atoms with Gasteiger partial charge in [0.05, 0.1) is 33.6 Å². The smallest absolute Gasteiger partial charge is 0.338 e. The molecule has 0 amide bonds. The minimum Gasteiger partial charge on any atom is -0.454 e. The molecule has 2 aromatic carbocycles. The first-order valence-corrected chi connectivity index (χ1v) is 11.6. The van der Waals surface area contributed by atoms with Gasteiger partial charge in [-0.25, -0.2) is 18.2 Å². The van der Waals surface area contributed by atoms with Crippen LogP contribution in [0.1, 0.15) is 30.0 Å². The van der Waals surface area contributed by atoms with E-state index in [2.05, 4.69) is 9.97 Å². The monoisotopic (exact) mass is 457 g/mol. The van der Waals surface area contributed by atoms with Crippen molar-refractivity contribution in [2.45, 2.75) is 37.6 Å². The van der Waals surface area contributed by atoms with Gasteiger partial charge in [-0.1, -0.05) is 12.1 Å². The number of carbonyl (C=O) groups excluding carboxylic acids is 1. The van der Waals surface area contributed by atoms with Crippen molar-refractivity contribution in [2.24, 2.45) is 0 Å². The highest BCUT2D eigenvalue weighted by atomic mass is 32.2. The molecule has 1 fully saturated rings. The molecule has 3 aromatic rings. The van der Waals surface area contributed by atoms with Gasteiger partial charge in [0.2, 0.25) is 10.0 Å². The first-order valence-electron chi connectivity index (χ1n) is 10.1. The third kappa shape index (κ3) is 4.57. The molecule has 1 saturated heterocycles. The fourth-order valence-corrected chi connectivity index (χ4v) is 5.25. The van der Waals surface area contributed by atoms with E-state index >= 15 is 0 Å². The quantitative estimate of drug-likeness (QED) is 0.583. The van der Waals surface area contributed by atoms with Gasteiger partial charge in [-0.3, -0.25) is 4.79 Å². The average Bonchev–Trinajstić information content (AvgIpc) is 2.77. The fraction of sp³-hybridized carbons (Fsp3) is 0.318. The number of fused-ring (bicyclic) bond motifs is 1. The van der Waals surface area contributed by atoms with E-state index in [1.165, 1.54) is 28.6 Å². The Bertz CT molecular complexity index is 1290. The second-order valence-electron chi connectivity index (χ2n) is 7.71. The zero-order chi connectivity index (χ0) is 22.9. The highest BCUT2D eigenvalue weighted by Gasteiger charge is 2.32. The molecule has 1 N–H and O–H groups in total. The van der Waals surface area contributed by atoms with E-state index < -0.39 is 16.0 Å². The molecule has 0 saturated carbocycles. The van der Waals surface area contributed by atoms with E-state index in [4.69, 9.17) is 9.47 Å². The molecule has 0 bridgehead atoms. The third-order valence-electron chi connectivity index (χ3n) is 5.12. The molecule has 9 nitrogen and oxygen atoms in total. The van der Waals surface area contributed by atoms with Crippen LogP contribution in [0.3, 0.4) is 0 Å². The average molecular weight is 458 g/mol. The first kappa shape index (κ1) is 22.1. The number of nitrogens with zero attached hydrogens (tertiary/aromatic N) is 2. The number of hydrogen-bond acceptors (Lipinski definition) is 7. The lowest BCUT2D eigenvalue weighted by Gasteiger charge is -2.34. The molecule has 2 heterocycles. The van der Waals surface area contributed by atoms with Crippen molar-refractivity contribution in [1.82, 2.24) is 14.3 Å². The molecular formula is C22H23N3O6S. The number of carbonyl (C=O) groups is 1. The Kier molecular flexibility index (Phi) is 6.09. The number of morpholine rings is 1. The number of esters is 1. The topological polar surface area (TPSA) is 119 Å². The van der Waals surface area contributed by atoms with Gasteiger partial charge in [0.1, 0.15) is 12.4 Å². The Morgan fingerprint density at radius 3 is 2.47 bits per heavy atom. The number of rotatable bonds is 5. The lowest BCUT2D eigenvalue weighted by molar-refractivity contribution is -0.0440. The van der Waals surface area contributed by atoms with Gasteiger partial charge in [-0.15, -0.1) is 0 Å². The molecule has 10 heteroatoms. The third-order valence-corrected chi connectivity index (χ3v) is 6.96. The van der Waals surface area contributed by atoms with Crippen LogP contribution in [0.4, 0.5) is 0 Å². The number of H-pyrrole nitrogens is 1. The van der Waals surface area contributed by atoms with E-state index in [0.29, 0.717) is 10.9 Å². The van der Waals surface area contributed by atoms with Crippen LogP contribution in [0.5, 0.6) is 0 Å². The van der Waals surface area contributed by atoms with Gasteiger partial charge < -0.3 is 14.5 Å². The van der Waals surface area contributed by atoms with Crippen LogP contribution in [-0.4, -0.2) is 54.0 Å². The second kappa shape index (κ2) is 8.81. The highest BCUT2D eigenvalue weighted by molar-refractivity contribution is 7.89. The standard InChI is InChI=1S/C22H23N3O6S/c1-14-11-25(12-15(2)31-14)32(28,29)17-9-7-16(8-10-17)22(27)30-13-20-23-19-6-4-3-5-18(19)21(26)24-20/h3-10,14-15H,11-13H2,1-2H3,(H,23,24,26)/t14-,15+. The van der Waals surface area contributed by atoms with Crippen LogP contribution < -0.4 is 5.56 Å². The van der Waals surface area contributed by atoms with Crippen molar-refractivity contribution in [2.75, 3.05) is 13.1 Å². The molecular weight excluding hydrogens is 434 g/mol. The van der Waals surface area contributed by atoms with Crippen molar-refractivity contribution in [3.63, 3.8) is 0 Å². The number of nitrogens with one attached hydrogen (secondary N) is 1. The number of ether oxygens (including phenoxy) is 2. The maximum Gasteiger partial charge on any atom is 0.338 e. The maximum absolute atomic E-state index is 12.9. The summed E-state index contributed by atoms with van der Waals surface area (Å²) in [5.74, 6) is -0.435. The van der Waals surface area contributed by atoms with Crippen molar-refractivity contribution < 1.29 is 22.7 Å². The first-order chi connectivity index (χ1) is 15.2. The molecule has 1 aliphatic rings. The summed E-state index contributed by atoms with van der Waals surface area (Å²) in [7, 11) is -3.70. The number of benzene rings is 2. The molecule has 0 unspecified atom stereocenters. The van der Waals surface area contributed by atoms with E-state index in [1.807, 2.05) is 13.8 Å². The van der Waals surface area contributed by atoms with Crippen molar-refractivity contribution in [1.29, 1.82) is 0 Å². The van der Waals surface area contributed by atoms with Gasteiger partial charge in [-0.05, 0) is 50.2 Å². The lowest BCUT2D eigenvalue weighted by Crippen LogP contribution is -2.48. The summed E-state index contributed by atoms with van der Waals surface area (Å²) < 4.78 is 38.1. The molecule has 32 heavy (non-hydrogen) atoms. The molecule has 0 spiro atoms. The second-order valence-corrected chi connectivity index (χ2v) is 9.65. The van der Waals surface area contributed by atoms with E-state index in [9.17, 15) is 18.0 Å². The molecule has 0 radical (unpaired) electrons. The highest BCUT2D eigenvalue weighted by Crippen LogP contribution is 2.21. The minimum absolute atomic E-state index is 0.0934. The number of aromatic amines is 1. The number of sulfonamides is 1. The van der Waals surface area contributed by atoms with Gasteiger partial charge in [-0.2, -0.15) is 4.31 Å². The predicted molar refractivity (Wildman–Crippen MR) is 117 cm³/mol. The van der Waals surface area contributed by atoms with Crippen LogP contribution in [0, 0.1) is 0 Å². The molecule has 4 rings (SSSR count). The van der Waals surface area contributed by atoms with Gasteiger partial charge >= 0.3 is 5.97 Å². The summed E-state index contributed by atoms with van der Waals surface area (Å²) in [4.78, 5) is 31.5. The summed E-state index contributed by atoms with van der Waals surface area (Å²) >= 11 is 0. The fourth-order valence-electron chi connectivity index (χ4n) is 3.66. The van der Waals surface area contributed by atoms with E-state index in [1.54, 1.807) is 24.3 Å². The lowest BCUT2D eigenvalue weighted by atomic mass is 10.2. The summed E-state index contributed by atoms with van der Waals surface area (Å²) in [6, 6.07) is 12.4. The Labute approximate surface area is 185 Å². The zero-order valence-corrected chi connectivity index (χ0v) is 18.5. The molecule has 1 aliphatic heterocycles.